The van der Waals surface area contributed by atoms with Crippen LogP contribution >= 0.6 is 23.2 Å². The van der Waals surface area contributed by atoms with E-state index >= 15 is 0 Å². The van der Waals surface area contributed by atoms with Gasteiger partial charge in [0.05, 0.1) is 36.8 Å². The number of rotatable bonds is 6. The van der Waals surface area contributed by atoms with E-state index in [0.717, 1.165) is 6.07 Å². The van der Waals surface area contributed by atoms with E-state index in [0.29, 0.717) is 0 Å². The fourth-order valence-corrected chi connectivity index (χ4v) is 4.20. The molecule has 0 saturated heterocycles. The Morgan fingerprint density at radius 1 is 1.00 bits per heavy atom. The number of nitrogens with one attached hydrogen (secondary N) is 2. The average Bonchev–Trinajstić information content (AvgIpc) is 2.72. The molecule has 12 heteroatoms. The molecule has 3 rings (SSSR count). The summed E-state index contributed by atoms with van der Waals surface area (Å²) < 4.78 is 27.7. The number of hydrogen-bond donors (Lipinski definition) is 3. The van der Waals surface area contributed by atoms with Gasteiger partial charge in [-0.1, -0.05) is 41.4 Å². The molecule has 0 aromatic heterocycles. The first-order chi connectivity index (χ1) is 14.6. The van der Waals surface area contributed by atoms with E-state index in [2.05, 4.69) is 10.0 Å². The van der Waals surface area contributed by atoms with Gasteiger partial charge in [0.15, 0.2) is 0 Å². The molecule has 0 aliphatic carbocycles. The summed E-state index contributed by atoms with van der Waals surface area (Å²) in [6, 6.07) is 13.2. The highest BCUT2D eigenvalue weighted by Gasteiger charge is 2.21. The number of benzene rings is 3. The van der Waals surface area contributed by atoms with Gasteiger partial charge in [-0.05, 0) is 30.3 Å². The second-order valence-corrected chi connectivity index (χ2v) is 8.71. The summed E-state index contributed by atoms with van der Waals surface area (Å²) in [5.74, 6) is -0.644. The fourth-order valence-electron chi connectivity index (χ4n) is 2.59. The largest absolute Gasteiger partial charge is 0.396 e. The maximum absolute atomic E-state index is 12.8. The number of halogens is 2. The van der Waals surface area contributed by atoms with Gasteiger partial charge in [0.25, 0.3) is 21.6 Å². The first-order valence-corrected chi connectivity index (χ1v) is 10.7. The molecule has 0 aliphatic rings. The summed E-state index contributed by atoms with van der Waals surface area (Å²) in [5.41, 5.74) is 5.68. The number of nitro groups is 1. The van der Waals surface area contributed by atoms with Gasteiger partial charge in [0, 0.05) is 17.8 Å². The minimum absolute atomic E-state index is 0.000533. The summed E-state index contributed by atoms with van der Waals surface area (Å²) in [5, 5.41) is 13.8. The number of nitrogens with two attached hydrogens (primary N) is 1. The van der Waals surface area contributed by atoms with E-state index < -0.39 is 20.9 Å². The Bertz CT molecular complexity index is 1270. The van der Waals surface area contributed by atoms with Crippen LogP contribution in [0.15, 0.2) is 65.6 Å². The summed E-state index contributed by atoms with van der Waals surface area (Å²) >= 11 is 11.9. The predicted octanol–water partition coefficient (Wildman–Crippen LogP) is 4.54. The smallest absolute Gasteiger partial charge is 0.270 e. The molecule has 31 heavy (non-hydrogen) atoms. The molecular formula is C19H14Cl2N4O5S. The molecule has 0 heterocycles. The minimum atomic E-state index is -4.21. The third kappa shape index (κ3) is 5.05. The molecule has 3 aromatic rings. The second-order valence-electron chi connectivity index (χ2n) is 6.21. The minimum Gasteiger partial charge on any atom is -0.396 e. The van der Waals surface area contributed by atoms with Crippen LogP contribution in [0.1, 0.15) is 10.4 Å². The van der Waals surface area contributed by atoms with Gasteiger partial charge in [-0.25, -0.2) is 8.42 Å². The van der Waals surface area contributed by atoms with Gasteiger partial charge in [-0.3, -0.25) is 19.6 Å². The number of anilines is 3. The van der Waals surface area contributed by atoms with E-state index in [4.69, 9.17) is 28.9 Å². The molecule has 1 amide bonds. The van der Waals surface area contributed by atoms with Crippen LogP contribution in [0.25, 0.3) is 0 Å². The number of nitrogen functional groups attached to an aromatic ring is 1. The van der Waals surface area contributed by atoms with E-state index in [-0.39, 0.29) is 43.3 Å². The lowest BCUT2D eigenvalue weighted by Crippen LogP contribution is -2.18. The summed E-state index contributed by atoms with van der Waals surface area (Å²) in [6.45, 7) is 0. The van der Waals surface area contributed by atoms with Crippen molar-refractivity contribution in [2.45, 2.75) is 4.90 Å². The van der Waals surface area contributed by atoms with Crippen molar-refractivity contribution in [2.75, 3.05) is 15.8 Å². The van der Waals surface area contributed by atoms with Crippen LogP contribution in [0.4, 0.5) is 22.7 Å². The first-order valence-electron chi connectivity index (χ1n) is 8.50. The predicted molar refractivity (Wildman–Crippen MR) is 119 cm³/mol. The van der Waals surface area contributed by atoms with Crippen molar-refractivity contribution in [3.63, 3.8) is 0 Å². The molecule has 0 saturated carbocycles. The summed E-state index contributed by atoms with van der Waals surface area (Å²) in [7, 11) is -4.21. The Morgan fingerprint density at radius 2 is 1.65 bits per heavy atom. The van der Waals surface area contributed by atoms with E-state index in [1.807, 2.05) is 0 Å². The lowest BCUT2D eigenvalue weighted by atomic mass is 10.1. The molecule has 9 nitrogen and oxygen atoms in total. The van der Waals surface area contributed by atoms with Crippen molar-refractivity contribution in [3.8, 4) is 0 Å². The van der Waals surface area contributed by atoms with Crippen molar-refractivity contribution in [3.05, 3.63) is 86.4 Å². The highest BCUT2D eigenvalue weighted by Crippen LogP contribution is 2.31. The lowest BCUT2D eigenvalue weighted by Gasteiger charge is -2.13. The highest BCUT2D eigenvalue weighted by molar-refractivity contribution is 7.92. The van der Waals surface area contributed by atoms with Crippen LogP contribution in [0.5, 0.6) is 0 Å². The van der Waals surface area contributed by atoms with Crippen molar-refractivity contribution in [2.24, 2.45) is 0 Å². The standard InChI is InChI=1S/C19H14Cl2N4O5S/c20-15-8-11(9-16(21)18(15)22)23-19(26)14-6-1-2-7-17(14)24-31(29,30)13-5-3-4-12(10-13)25(27)28/h1-10,24H,22H2,(H,23,26). The molecule has 0 atom stereocenters. The Labute approximate surface area is 187 Å². The van der Waals surface area contributed by atoms with Crippen molar-refractivity contribution >= 4 is 61.9 Å². The number of nitrogens with zero attached hydrogens (tertiary/aromatic N) is 1. The van der Waals surface area contributed by atoms with Crippen molar-refractivity contribution in [1.29, 1.82) is 0 Å². The normalized spacial score (nSPS) is 11.0. The highest BCUT2D eigenvalue weighted by atomic mass is 35.5. The number of nitro benzene ring substituents is 1. The average molecular weight is 481 g/mol. The molecule has 0 bridgehead atoms. The summed E-state index contributed by atoms with van der Waals surface area (Å²) in [6.07, 6.45) is 0. The fraction of sp³-hybridized carbons (Fsp3) is 0. The van der Waals surface area contributed by atoms with Gasteiger partial charge in [0.1, 0.15) is 0 Å². The van der Waals surface area contributed by atoms with Crippen LogP contribution in [0.3, 0.4) is 0 Å². The van der Waals surface area contributed by atoms with Crippen molar-refractivity contribution in [1.82, 2.24) is 0 Å². The van der Waals surface area contributed by atoms with Crippen LogP contribution in [0.2, 0.25) is 10.0 Å². The van der Waals surface area contributed by atoms with Crippen LogP contribution in [-0.2, 0) is 10.0 Å². The molecule has 0 spiro atoms. The molecule has 0 unspecified atom stereocenters. The third-order valence-corrected chi connectivity index (χ3v) is 6.08. The van der Waals surface area contributed by atoms with E-state index in [1.54, 1.807) is 6.07 Å². The number of carbonyl (C=O) groups excluding carboxylic acids is 1. The van der Waals surface area contributed by atoms with Crippen molar-refractivity contribution < 1.29 is 18.1 Å². The molecular weight excluding hydrogens is 467 g/mol. The maximum atomic E-state index is 12.8. The molecule has 3 aromatic carbocycles. The molecule has 160 valence electrons. The second kappa shape index (κ2) is 8.80. The zero-order valence-corrected chi connectivity index (χ0v) is 17.8. The van der Waals surface area contributed by atoms with Crippen LogP contribution in [-0.4, -0.2) is 19.2 Å². The van der Waals surface area contributed by atoms with Gasteiger partial charge in [0.2, 0.25) is 0 Å². The Morgan fingerprint density at radius 3 is 2.29 bits per heavy atom. The monoisotopic (exact) mass is 480 g/mol. The van der Waals surface area contributed by atoms with Gasteiger partial charge in [-0.15, -0.1) is 0 Å². The summed E-state index contributed by atoms with van der Waals surface area (Å²) in [4.78, 5) is 22.7. The SMILES string of the molecule is Nc1c(Cl)cc(NC(=O)c2ccccc2NS(=O)(=O)c2cccc([N+](=O)[O-])c2)cc1Cl. The Balaban J connectivity index is 1.90. The van der Waals surface area contributed by atoms with Gasteiger partial charge >= 0.3 is 0 Å². The Kier molecular flexibility index (Phi) is 6.34. The first kappa shape index (κ1) is 22.3. The van der Waals surface area contributed by atoms with E-state index in [9.17, 15) is 23.3 Å². The zero-order chi connectivity index (χ0) is 22.8. The molecule has 0 aliphatic heterocycles. The van der Waals surface area contributed by atoms with Gasteiger partial charge < -0.3 is 11.1 Å². The Hall–Kier alpha value is -3.34. The third-order valence-electron chi connectivity index (χ3n) is 4.09. The van der Waals surface area contributed by atoms with E-state index in [1.165, 1.54) is 48.5 Å². The number of sulfonamides is 1. The quantitative estimate of drug-likeness (QED) is 0.268. The molecule has 4 N–H and O–H groups in total. The maximum Gasteiger partial charge on any atom is 0.270 e. The molecule has 0 radical (unpaired) electrons. The van der Waals surface area contributed by atoms with Gasteiger partial charge in [-0.2, -0.15) is 0 Å². The number of amides is 1. The van der Waals surface area contributed by atoms with Crippen LogP contribution in [0, 0.1) is 10.1 Å². The zero-order valence-electron chi connectivity index (χ0n) is 15.5. The lowest BCUT2D eigenvalue weighted by molar-refractivity contribution is -0.385. The topological polar surface area (TPSA) is 144 Å². The number of non-ortho nitro benzene ring substituents is 1. The van der Waals surface area contributed by atoms with Crippen LogP contribution < -0.4 is 15.8 Å². The number of carbonyl (C=O) groups is 1. The molecule has 0 fully saturated rings. The number of para-hydroxylation sites is 1. The number of hydrogen-bond acceptors (Lipinski definition) is 6.